The highest BCUT2D eigenvalue weighted by Gasteiger charge is 2.46. The Morgan fingerprint density at radius 1 is 1.43 bits per heavy atom. The second-order valence-electron chi connectivity index (χ2n) is 7.35. The number of rotatable bonds is 4. The summed E-state index contributed by atoms with van der Waals surface area (Å²) >= 11 is 1.95. The van der Waals surface area contributed by atoms with Crippen LogP contribution in [0.15, 0.2) is 6.07 Å². The van der Waals surface area contributed by atoms with Crippen molar-refractivity contribution in [2.75, 3.05) is 13.1 Å². The summed E-state index contributed by atoms with van der Waals surface area (Å²) in [5.41, 5.74) is 1.88. The Bertz CT molecular complexity index is 505. The highest BCUT2D eigenvalue weighted by Crippen LogP contribution is 2.43. The molecule has 0 radical (unpaired) electrons. The van der Waals surface area contributed by atoms with Crippen LogP contribution in [0.1, 0.15) is 61.4 Å². The zero-order valence-electron chi connectivity index (χ0n) is 14.2. The van der Waals surface area contributed by atoms with Crippen molar-refractivity contribution < 1.29 is 0 Å². The van der Waals surface area contributed by atoms with Gasteiger partial charge in [-0.2, -0.15) is 0 Å². The molecule has 3 unspecified atom stereocenters. The van der Waals surface area contributed by atoms with Gasteiger partial charge in [0.05, 0.1) is 0 Å². The normalized spacial score (nSPS) is 32.3. The fraction of sp³-hybridized carbons (Fsp3) is 0.778. The number of hydrogen-bond acceptors (Lipinski definition) is 3. The molecule has 21 heavy (non-hydrogen) atoms. The first-order chi connectivity index (χ1) is 9.94. The average molecular weight is 307 g/mol. The van der Waals surface area contributed by atoms with Gasteiger partial charge in [-0.15, -0.1) is 11.3 Å². The molecule has 3 heteroatoms. The van der Waals surface area contributed by atoms with E-state index in [1.807, 2.05) is 11.3 Å². The summed E-state index contributed by atoms with van der Waals surface area (Å²) in [6, 6.07) is 3.62. The molecule has 2 fully saturated rings. The minimum absolute atomic E-state index is 0.332. The van der Waals surface area contributed by atoms with Gasteiger partial charge in [0.25, 0.3) is 0 Å². The van der Waals surface area contributed by atoms with Crippen LogP contribution in [0, 0.1) is 19.8 Å². The van der Waals surface area contributed by atoms with E-state index in [1.54, 1.807) is 5.56 Å². The van der Waals surface area contributed by atoms with Crippen molar-refractivity contribution >= 4 is 11.3 Å². The number of nitrogens with one attached hydrogen (secondary N) is 1. The van der Waals surface area contributed by atoms with Gasteiger partial charge in [-0.3, -0.25) is 4.90 Å². The van der Waals surface area contributed by atoms with Crippen LogP contribution in [-0.2, 0) is 0 Å². The maximum Gasteiger partial charge on any atom is 0.0335 e. The Balaban J connectivity index is 1.83. The zero-order valence-corrected chi connectivity index (χ0v) is 15.0. The molecule has 2 aliphatic rings. The molecule has 0 amide bonds. The molecule has 1 saturated carbocycles. The van der Waals surface area contributed by atoms with Crippen molar-refractivity contribution in [3.8, 4) is 0 Å². The van der Waals surface area contributed by atoms with Gasteiger partial charge in [0.1, 0.15) is 0 Å². The van der Waals surface area contributed by atoms with E-state index in [9.17, 15) is 0 Å². The van der Waals surface area contributed by atoms with Gasteiger partial charge >= 0.3 is 0 Å². The Labute approximate surface area is 133 Å². The van der Waals surface area contributed by atoms with Crippen molar-refractivity contribution in [1.82, 2.24) is 10.2 Å². The van der Waals surface area contributed by atoms with Crippen LogP contribution in [0.3, 0.4) is 0 Å². The van der Waals surface area contributed by atoms with Crippen molar-refractivity contribution in [1.29, 1.82) is 0 Å². The summed E-state index contributed by atoms with van der Waals surface area (Å²) in [4.78, 5) is 5.73. The molecule has 2 nitrogen and oxygen atoms in total. The fourth-order valence-electron chi connectivity index (χ4n) is 4.10. The predicted molar refractivity (Wildman–Crippen MR) is 92.1 cm³/mol. The summed E-state index contributed by atoms with van der Waals surface area (Å²) in [7, 11) is 0. The molecule has 1 aliphatic heterocycles. The summed E-state index contributed by atoms with van der Waals surface area (Å²) in [6.07, 6.45) is 4.07. The number of thiophene rings is 1. The lowest BCUT2D eigenvalue weighted by molar-refractivity contribution is 0.0418. The topological polar surface area (TPSA) is 15.3 Å². The van der Waals surface area contributed by atoms with Crippen molar-refractivity contribution in [3.05, 3.63) is 21.4 Å². The molecule has 1 aromatic rings. The summed E-state index contributed by atoms with van der Waals surface area (Å²) in [5, 5.41) is 3.88. The first-order valence-electron chi connectivity index (χ1n) is 8.52. The molecule has 3 atom stereocenters. The molecule has 2 heterocycles. The van der Waals surface area contributed by atoms with Crippen LogP contribution >= 0.6 is 11.3 Å². The maximum absolute atomic E-state index is 3.88. The van der Waals surface area contributed by atoms with Gasteiger partial charge in [0.15, 0.2) is 0 Å². The Hall–Kier alpha value is -0.380. The molecule has 3 rings (SSSR count). The molecule has 0 spiro atoms. The smallest absolute Gasteiger partial charge is 0.0335 e. The highest BCUT2D eigenvalue weighted by atomic mass is 32.1. The molecule has 0 bridgehead atoms. The van der Waals surface area contributed by atoms with E-state index in [-0.39, 0.29) is 0 Å². The maximum atomic E-state index is 3.88. The first kappa shape index (κ1) is 15.5. The van der Waals surface area contributed by atoms with Crippen molar-refractivity contribution in [3.63, 3.8) is 0 Å². The Kier molecular flexibility index (Phi) is 4.19. The third kappa shape index (κ3) is 2.93. The number of hydrogen-bond donors (Lipinski definition) is 1. The minimum atomic E-state index is 0.332. The first-order valence-corrected chi connectivity index (χ1v) is 9.34. The monoisotopic (exact) mass is 306 g/mol. The van der Waals surface area contributed by atoms with Gasteiger partial charge in [0.2, 0.25) is 0 Å². The molecule has 1 saturated heterocycles. The summed E-state index contributed by atoms with van der Waals surface area (Å²) in [5.74, 6) is 0.898. The zero-order chi connectivity index (χ0) is 15.2. The van der Waals surface area contributed by atoms with Gasteiger partial charge in [-0.25, -0.2) is 0 Å². The number of piperazine rings is 1. The van der Waals surface area contributed by atoms with E-state index < -0.39 is 0 Å². The molecular weight excluding hydrogens is 276 g/mol. The second kappa shape index (κ2) is 5.68. The van der Waals surface area contributed by atoms with Gasteiger partial charge in [-0.1, -0.05) is 6.92 Å². The fourth-order valence-corrected chi connectivity index (χ4v) is 5.12. The largest absolute Gasteiger partial charge is 0.308 e. The van der Waals surface area contributed by atoms with Gasteiger partial charge in [0, 0.05) is 40.5 Å². The van der Waals surface area contributed by atoms with Crippen LogP contribution < -0.4 is 5.32 Å². The lowest BCUT2D eigenvalue weighted by atomic mass is 9.88. The van der Waals surface area contributed by atoms with Crippen LogP contribution in [0.25, 0.3) is 0 Å². The van der Waals surface area contributed by atoms with E-state index in [0.717, 1.165) is 12.5 Å². The molecule has 1 aliphatic carbocycles. The van der Waals surface area contributed by atoms with E-state index in [2.05, 4.69) is 50.9 Å². The number of nitrogens with zero attached hydrogens (tertiary/aromatic N) is 1. The van der Waals surface area contributed by atoms with E-state index >= 15 is 0 Å². The Morgan fingerprint density at radius 3 is 2.67 bits per heavy atom. The lowest BCUT2D eigenvalue weighted by Gasteiger charge is -2.49. The number of aryl methyl sites for hydroxylation is 2. The second-order valence-corrected chi connectivity index (χ2v) is 8.81. The predicted octanol–water partition coefficient (Wildman–Crippen LogP) is 4.28. The standard InChI is InChI=1S/C18H30N2S/c1-6-16-10-19-18(5,15-7-8-15)11-20(16)13(3)17-9-12(2)21-14(17)4/h9,13,15-16,19H,6-8,10-11H2,1-5H3. The molecule has 1 aromatic heterocycles. The minimum Gasteiger partial charge on any atom is -0.308 e. The SMILES string of the molecule is CCC1CNC(C)(C2CC2)CN1C(C)c1cc(C)sc1C. The highest BCUT2D eigenvalue weighted by molar-refractivity contribution is 7.12. The van der Waals surface area contributed by atoms with Crippen LogP contribution in [0.5, 0.6) is 0 Å². The summed E-state index contributed by atoms with van der Waals surface area (Å²) < 4.78 is 0. The van der Waals surface area contributed by atoms with Crippen LogP contribution in [0.4, 0.5) is 0 Å². The van der Waals surface area contributed by atoms with Crippen LogP contribution in [0.2, 0.25) is 0 Å². The quantitative estimate of drug-likeness (QED) is 0.893. The lowest BCUT2D eigenvalue weighted by Crippen LogP contribution is -2.64. The van der Waals surface area contributed by atoms with Crippen molar-refractivity contribution in [2.45, 2.75) is 71.5 Å². The third-order valence-electron chi connectivity index (χ3n) is 5.70. The van der Waals surface area contributed by atoms with Crippen LogP contribution in [-0.4, -0.2) is 29.6 Å². The van der Waals surface area contributed by atoms with E-state index in [4.69, 9.17) is 0 Å². The molecule has 118 valence electrons. The third-order valence-corrected chi connectivity index (χ3v) is 6.68. The van der Waals surface area contributed by atoms with E-state index in [1.165, 1.54) is 35.6 Å². The van der Waals surface area contributed by atoms with E-state index in [0.29, 0.717) is 17.6 Å². The van der Waals surface area contributed by atoms with Crippen molar-refractivity contribution in [2.24, 2.45) is 5.92 Å². The molecule has 1 N–H and O–H groups in total. The molecular formula is C18H30N2S. The van der Waals surface area contributed by atoms with Gasteiger partial charge < -0.3 is 5.32 Å². The molecule has 0 aromatic carbocycles. The average Bonchev–Trinajstić information content (AvgIpc) is 3.24. The summed E-state index contributed by atoms with van der Waals surface area (Å²) in [6.45, 7) is 14.1. The Morgan fingerprint density at radius 2 is 2.14 bits per heavy atom. The van der Waals surface area contributed by atoms with Gasteiger partial charge in [-0.05, 0) is 64.5 Å².